The van der Waals surface area contributed by atoms with Crippen LogP contribution in [0.2, 0.25) is 0 Å². The molecule has 0 aromatic rings. The summed E-state index contributed by atoms with van der Waals surface area (Å²) < 4.78 is 41.9. The van der Waals surface area contributed by atoms with Crippen LogP contribution in [-0.4, -0.2) is 179 Å². The lowest BCUT2D eigenvalue weighted by Gasteiger charge is -2.72. The highest BCUT2D eigenvalue weighted by atomic mass is 16.8. The first kappa shape index (κ1) is 54.4. The number of hydrogen-bond donors (Lipinski definition) is 10. The van der Waals surface area contributed by atoms with Gasteiger partial charge in [-0.25, -0.2) is 9.59 Å². The summed E-state index contributed by atoms with van der Waals surface area (Å²) in [7, 11) is 0. The van der Waals surface area contributed by atoms with Gasteiger partial charge in [0.2, 0.25) is 0 Å². The molecule has 8 aliphatic rings. The van der Waals surface area contributed by atoms with Crippen molar-refractivity contribution >= 4 is 23.9 Å². The van der Waals surface area contributed by atoms with Gasteiger partial charge in [0.1, 0.15) is 61.0 Å². The Morgan fingerprint density at radius 2 is 1.14 bits per heavy atom. The van der Waals surface area contributed by atoms with Crippen molar-refractivity contribution in [3.63, 3.8) is 0 Å². The molecule has 3 heterocycles. The third-order valence-electron chi connectivity index (χ3n) is 19.7. The highest BCUT2D eigenvalue weighted by Crippen LogP contribution is 2.76. The Morgan fingerprint density at radius 3 is 1.69 bits per heavy atom. The molecule has 0 unspecified atom stereocenters. The molecule has 0 amide bonds. The second-order valence-electron chi connectivity index (χ2n) is 24.3. The quantitative estimate of drug-likeness (QED) is 0.0838. The zero-order valence-electron chi connectivity index (χ0n) is 41.9. The standard InChI is InChI=1S/C50H76O21/c1-20-28(52)29(53)34(58)41(65-20)70-38-33(57)31(55)36(40(61)62)69-43(38)71-37-32(56)30(54)35(39(59)60)68-42(37)67-22-16-45(3,4)25-12-13-50(9)26(48(25,7)17-22)11-10-23-24-18-46(5,44(63)64)19-27(66-21(2)51)47(24,6)14-15-49(23,50)8/h10-11,20,22-38,41-43,52-58H,12-19H2,1-9H3,(H,59,60)(H,61,62)(H,63,64)/t20-,22+,23+,24-,25+,26+,27-,28+,29+,30+,31+,32-,33+,34-,35+,36-,37-,38+,41+,42-,43+,46+,47+,48+,49-,50+/m0/s1. The Morgan fingerprint density at radius 1 is 0.577 bits per heavy atom. The molecule has 21 nitrogen and oxygen atoms in total. The molecule has 10 N–H and O–H groups in total. The maximum absolute atomic E-state index is 12.9. The molecule has 5 aliphatic carbocycles. The van der Waals surface area contributed by atoms with Crippen molar-refractivity contribution < 1.29 is 103 Å². The summed E-state index contributed by atoms with van der Waals surface area (Å²) in [4.78, 5) is 50.3. The Bertz CT molecular complexity index is 2090. The largest absolute Gasteiger partial charge is 0.481 e. The number of carbonyl (C=O) groups is 4. The predicted molar refractivity (Wildman–Crippen MR) is 241 cm³/mol. The number of esters is 1. The van der Waals surface area contributed by atoms with E-state index in [0.717, 1.165) is 25.7 Å². The number of aliphatic hydroxyl groups is 7. The van der Waals surface area contributed by atoms with Crippen LogP contribution in [0.1, 0.15) is 114 Å². The number of aliphatic carboxylic acids is 3. The van der Waals surface area contributed by atoms with Gasteiger partial charge < -0.3 is 84.2 Å². The number of allylic oxidation sites excluding steroid dienone is 2. The SMILES string of the molecule is CC(=O)O[C@H]1C[C@](C)(C(=O)O)C[C@H]2[C@H]3C=C[C@@H]4[C@]5(C)C[C@H](O[C@H]6O[C@@H](C(=O)O)[C@H](O)[C@H](O)[C@@H]6O[C@H]6O[C@H](C(=O)O)[C@H](O)[C@@H](O)[C@H]6O[C@H]6O[C@@H](C)[C@@H](O)[C@@H](O)[C@@H]6O)CC(C)(C)[C@H]5CC[C@@]4(C)[C@@]3(C)CC[C@@]12C. The van der Waals surface area contributed by atoms with Gasteiger partial charge in [0.25, 0.3) is 0 Å². The summed E-state index contributed by atoms with van der Waals surface area (Å²) in [5.41, 5.74) is -3.12. The van der Waals surface area contributed by atoms with Crippen molar-refractivity contribution in [3.8, 4) is 0 Å². The average molecular weight is 1010 g/mol. The number of rotatable bonds is 10. The minimum Gasteiger partial charge on any atom is -0.481 e. The number of carboxylic acid groups (broad SMARTS) is 3. The summed E-state index contributed by atoms with van der Waals surface area (Å²) in [5.74, 6) is -4.79. The Balaban J connectivity index is 1.11. The normalized spacial score (nSPS) is 53.5. The van der Waals surface area contributed by atoms with Crippen LogP contribution in [0.15, 0.2) is 12.2 Å². The number of ether oxygens (including phenoxy) is 7. The Hall–Kier alpha value is -2.90. The zero-order chi connectivity index (χ0) is 52.5. The maximum Gasteiger partial charge on any atom is 0.335 e. The topological polar surface area (TPSA) is 335 Å². The first-order valence-corrected chi connectivity index (χ1v) is 25.1. The number of hydrogen-bond acceptors (Lipinski definition) is 18. The van der Waals surface area contributed by atoms with Gasteiger partial charge in [-0.3, -0.25) is 9.59 Å². The van der Waals surface area contributed by atoms with Crippen molar-refractivity contribution in [2.45, 2.75) is 218 Å². The molecule has 402 valence electrons. The summed E-state index contributed by atoms with van der Waals surface area (Å²) in [6, 6.07) is 0. The van der Waals surface area contributed by atoms with Gasteiger partial charge in [-0.05, 0) is 104 Å². The smallest absolute Gasteiger partial charge is 0.335 e. The van der Waals surface area contributed by atoms with E-state index in [9.17, 15) is 70.2 Å². The molecular formula is C50H76O21. The van der Waals surface area contributed by atoms with Crippen LogP contribution in [0.5, 0.6) is 0 Å². The van der Waals surface area contributed by atoms with E-state index < -0.39 is 150 Å². The summed E-state index contributed by atoms with van der Waals surface area (Å²) >= 11 is 0. The molecular weight excluding hydrogens is 937 g/mol. The lowest BCUT2D eigenvalue weighted by molar-refractivity contribution is -0.391. The molecule has 0 spiro atoms. The van der Waals surface area contributed by atoms with E-state index in [1.807, 2.05) is 0 Å². The third kappa shape index (κ3) is 8.77. The molecule has 7 fully saturated rings. The van der Waals surface area contributed by atoms with E-state index in [1.165, 1.54) is 13.8 Å². The van der Waals surface area contributed by atoms with Gasteiger partial charge in [0.15, 0.2) is 31.1 Å². The molecule has 0 aromatic heterocycles. The van der Waals surface area contributed by atoms with E-state index in [0.29, 0.717) is 19.3 Å². The van der Waals surface area contributed by atoms with Gasteiger partial charge in [-0.2, -0.15) is 0 Å². The fraction of sp³-hybridized carbons (Fsp3) is 0.880. The van der Waals surface area contributed by atoms with Crippen LogP contribution in [0.25, 0.3) is 0 Å². The Labute approximate surface area is 412 Å². The van der Waals surface area contributed by atoms with Crippen molar-refractivity contribution in [2.24, 2.45) is 56.2 Å². The second kappa shape index (κ2) is 18.7. The minimum absolute atomic E-state index is 0.0408. The molecule has 26 atom stereocenters. The molecule has 0 radical (unpaired) electrons. The number of carbonyl (C=O) groups excluding carboxylic acids is 1. The number of fused-ring (bicyclic) bond motifs is 7. The zero-order valence-corrected chi connectivity index (χ0v) is 41.9. The second-order valence-corrected chi connectivity index (χ2v) is 24.3. The highest BCUT2D eigenvalue weighted by Gasteiger charge is 2.71. The Kier molecular flexibility index (Phi) is 14.3. The van der Waals surface area contributed by atoms with Gasteiger partial charge in [0.05, 0.1) is 17.6 Å². The number of carboxylic acids is 3. The van der Waals surface area contributed by atoms with Crippen LogP contribution in [-0.2, 0) is 52.3 Å². The lowest BCUT2D eigenvalue weighted by Crippen LogP contribution is -2.68. The monoisotopic (exact) mass is 1010 g/mol. The van der Waals surface area contributed by atoms with Crippen LogP contribution in [0, 0.1) is 56.2 Å². The predicted octanol–water partition coefficient (Wildman–Crippen LogP) is 1.32. The molecule has 0 aromatic carbocycles. The van der Waals surface area contributed by atoms with Gasteiger partial charge >= 0.3 is 23.9 Å². The van der Waals surface area contributed by atoms with Gasteiger partial charge in [-0.15, -0.1) is 0 Å². The molecule has 71 heavy (non-hydrogen) atoms. The summed E-state index contributed by atoms with van der Waals surface area (Å²) in [5, 5.41) is 107. The minimum atomic E-state index is -2.17. The van der Waals surface area contributed by atoms with E-state index in [1.54, 1.807) is 6.92 Å². The third-order valence-corrected chi connectivity index (χ3v) is 19.7. The van der Waals surface area contributed by atoms with Crippen LogP contribution in [0.3, 0.4) is 0 Å². The van der Waals surface area contributed by atoms with Crippen LogP contribution in [0.4, 0.5) is 0 Å². The van der Waals surface area contributed by atoms with Crippen LogP contribution >= 0.6 is 0 Å². The fourth-order valence-electron chi connectivity index (χ4n) is 15.6. The van der Waals surface area contributed by atoms with E-state index in [2.05, 4.69) is 53.7 Å². The number of aliphatic hydroxyl groups excluding tert-OH is 7. The van der Waals surface area contributed by atoms with Crippen molar-refractivity contribution in [2.75, 3.05) is 0 Å². The first-order chi connectivity index (χ1) is 32.8. The highest BCUT2D eigenvalue weighted by molar-refractivity contribution is 5.75. The summed E-state index contributed by atoms with van der Waals surface area (Å²) in [6.07, 6.45) is -20.7. The molecule has 3 saturated heterocycles. The van der Waals surface area contributed by atoms with Crippen LogP contribution < -0.4 is 0 Å². The molecule has 0 bridgehead atoms. The van der Waals surface area contributed by atoms with E-state index in [4.69, 9.17) is 33.2 Å². The van der Waals surface area contributed by atoms with Crippen molar-refractivity contribution in [1.82, 2.24) is 0 Å². The summed E-state index contributed by atoms with van der Waals surface area (Å²) in [6.45, 7) is 17.8. The lowest BCUT2D eigenvalue weighted by atomic mass is 9.33. The fourth-order valence-corrected chi connectivity index (χ4v) is 15.6. The molecule has 8 rings (SSSR count). The average Bonchev–Trinajstić information content (AvgIpc) is 3.26. The molecule has 21 heteroatoms. The van der Waals surface area contributed by atoms with Gasteiger partial charge in [0, 0.05) is 18.8 Å². The van der Waals surface area contributed by atoms with E-state index in [-0.39, 0.29) is 40.9 Å². The first-order valence-electron chi connectivity index (χ1n) is 25.1. The van der Waals surface area contributed by atoms with Gasteiger partial charge in [-0.1, -0.05) is 53.7 Å². The van der Waals surface area contributed by atoms with Crippen molar-refractivity contribution in [3.05, 3.63) is 12.2 Å². The molecule has 3 aliphatic heterocycles. The van der Waals surface area contributed by atoms with Crippen molar-refractivity contribution in [1.29, 1.82) is 0 Å². The van der Waals surface area contributed by atoms with E-state index >= 15 is 0 Å². The maximum atomic E-state index is 12.9. The molecule has 4 saturated carbocycles.